The van der Waals surface area contributed by atoms with Crippen molar-refractivity contribution in [2.45, 2.75) is 5.32 Å². The summed E-state index contributed by atoms with van der Waals surface area (Å²) in [4.78, 5) is 20.1. The van der Waals surface area contributed by atoms with Crippen molar-refractivity contribution in [2.24, 2.45) is 0 Å². The van der Waals surface area contributed by atoms with Gasteiger partial charge in [0.15, 0.2) is 0 Å². The Balaban J connectivity index is 2.64. The van der Waals surface area contributed by atoms with Gasteiger partial charge in [0.2, 0.25) is 0 Å². The quantitative estimate of drug-likeness (QED) is 0.483. The van der Waals surface area contributed by atoms with E-state index in [9.17, 15) is 14.9 Å². The average molecular weight is 260 g/mol. The van der Waals surface area contributed by atoms with Crippen LogP contribution in [0.3, 0.4) is 0 Å². The molecular formula is C8H7NO4Se. The van der Waals surface area contributed by atoms with Crippen LogP contribution in [0, 0.1) is 10.1 Å². The Morgan fingerprint density at radius 2 is 2.00 bits per heavy atom. The molecule has 0 radical (unpaired) electrons. The summed E-state index contributed by atoms with van der Waals surface area (Å²) in [6.07, 6.45) is 0. The molecule has 0 heterocycles. The Labute approximate surface area is 86.1 Å². The molecule has 0 saturated carbocycles. The van der Waals surface area contributed by atoms with Gasteiger partial charge >= 0.3 is 85.6 Å². The summed E-state index contributed by atoms with van der Waals surface area (Å²) in [5, 5.41) is 18.8. The fraction of sp³-hybridized carbons (Fsp3) is 0.125. The van der Waals surface area contributed by atoms with E-state index in [1.54, 1.807) is 12.1 Å². The summed E-state index contributed by atoms with van der Waals surface area (Å²) in [6, 6.07) is 5.97. The first-order chi connectivity index (χ1) is 6.59. The zero-order valence-electron chi connectivity index (χ0n) is 7.04. The van der Waals surface area contributed by atoms with Crippen molar-refractivity contribution in [1.29, 1.82) is 0 Å². The fourth-order valence-corrected chi connectivity index (χ4v) is 2.11. The molecule has 0 fully saturated rings. The van der Waals surface area contributed by atoms with Gasteiger partial charge in [-0.2, -0.15) is 0 Å². The van der Waals surface area contributed by atoms with Gasteiger partial charge in [-0.1, -0.05) is 0 Å². The number of hydrogen-bond donors (Lipinski definition) is 1. The van der Waals surface area contributed by atoms with Crippen LogP contribution in [0.25, 0.3) is 0 Å². The summed E-state index contributed by atoms with van der Waals surface area (Å²) in [7, 11) is 0. The molecule has 0 atom stereocenters. The van der Waals surface area contributed by atoms with Crippen molar-refractivity contribution in [3.8, 4) is 0 Å². The predicted molar refractivity (Wildman–Crippen MR) is 50.9 cm³/mol. The van der Waals surface area contributed by atoms with Crippen LogP contribution in [0.1, 0.15) is 0 Å². The molecule has 0 bridgehead atoms. The second kappa shape index (κ2) is 4.74. The average Bonchev–Trinajstić information content (AvgIpc) is 2.15. The van der Waals surface area contributed by atoms with Crippen molar-refractivity contribution >= 4 is 31.1 Å². The minimum atomic E-state index is -0.844. The van der Waals surface area contributed by atoms with Crippen LogP contribution in [0.4, 0.5) is 5.69 Å². The number of nitro benzene ring substituents is 1. The molecule has 6 heteroatoms. The van der Waals surface area contributed by atoms with Crippen molar-refractivity contribution in [3.05, 3.63) is 34.4 Å². The van der Waals surface area contributed by atoms with Crippen LogP contribution in [0.2, 0.25) is 5.32 Å². The van der Waals surface area contributed by atoms with Gasteiger partial charge in [-0.05, 0) is 0 Å². The first kappa shape index (κ1) is 10.7. The number of hydrogen-bond acceptors (Lipinski definition) is 3. The molecular weight excluding hydrogens is 253 g/mol. The van der Waals surface area contributed by atoms with Crippen molar-refractivity contribution < 1.29 is 14.8 Å². The number of carboxylic acids is 1. The van der Waals surface area contributed by atoms with Gasteiger partial charge in [0.1, 0.15) is 0 Å². The third kappa shape index (κ3) is 3.16. The molecule has 0 unspecified atom stereocenters. The zero-order valence-corrected chi connectivity index (χ0v) is 8.76. The van der Waals surface area contributed by atoms with Gasteiger partial charge in [-0.15, -0.1) is 0 Å². The molecule has 14 heavy (non-hydrogen) atoms. The van der Waals surface area contributed by atoms with Gasteiger partial charge in [0.25, 0.3) is 0 Å². The van der Waals surface area contributed by atoms with Crippen LogP contribution in [-0.2, 0) is 4.79 Å². The molecule has 0 aliphatic heterocycles. The number of aliphatic carboxylic acids is 1. The van der Waals surface area contributed by atoms with Crippen molar-refractivity contribution in [3.63, 3.8) is 0 Å². The third-order valence-electron chi connectivity index (χ3n) is 1.41. The fourth-order valence-electron chi connectivity index (χ4n) is 0.809. The Kier molecular flexibility index (Phi) is 3.62. The first-order valence-corrected chi connectivity index (χ1v) is 5.75. The summed E-state index contributed by atoms with van der Waals surface area (Å²) in [5.74, 6) is -0.844. The van der Waals surface area contributed by atoms with Crippen LogP contribution in [0.15, 0.2) is 24.3 Å². The number of rotatable bonds is 4. The van der Waals surface area contributed by atoms with E-state index in [1.807, 2.05) is 0 Å². The van der Waals surface area contributed by atoms with Gasteiger partial charge in [0.05, 0.1) is 0 Å². The molecule has 5 nitrogen and oxygen atoms in total. The Morgan fingerprint density at radius 3 is 2.43 bits per heavy atom. The molecule has 1 aromatic carbocycles. The van der Waals surface area contributed by atoms with Gasteiger partial charge in [-0.3, -0.25) is 0 Å². The minimum absolute atomic E-state index is 0.0277. The van der Waals surface area contributed by atoms with Gasteiger partial charge in [0, 0.05) is 0 Å². The summed E-state index contributed by atoms with van der Waals surface area (Å²) in [5.41, 5.74) is 0.0277. The van der Waals surface area contributed by atoms with E-state index in [0.717, 1.165) is 4.46 Å². The second-order valence-corrected chi connectivity index (χ2v) is 4.63. The number of carboxylic acid groups (broad SMARTS) is 1. The molecule has 0 aromatic heterocycles. The number of benzene rings is 1. The van der Waals surface area contributed by atoms with Gasteiger partial charge < -0.3 is 0 Å². The monoisotopic (exact) mass is 261 g/mol. The van der Waals surface area contributed by atoms with E-state index in [-0.39, 0.29) is 26.0 Å². The van der Waals surface area contributed by atoms with E-state index in [2.05, 4.69) is 0 Å². The molecule has 1 rings (SSSR count). The molecule has 0 spiro atoms. The van der Waals surface area contributed by atoms with Crippen LogP contribution >= 0.6 is 0 Å². The molecule has 0 aliphatic rings. The van der Waals surface area contributed by atoms with E-state index in [1.165, 1.54) is 12.1 Å². The standard InChI is InChI=1S/C8H7NO4Se/c10-8(11)5-14-7-3-1-6(2-4-7)9(12)13/h1-4H,5H2,(H,10,11). The summed E-state index contributed by atoms with van der Waals surface area (Å²) in [6.45, 7) is 0. The van der Waals surface area contributed by atoms with E-state index >= 15 is 0 Å². The van der Waals surface area contributed by atoms with E-state index < -0.39 is 10.9 Å². The number of non-ortho nitro benzene ring substituents is 1. The molecule has 74 valence electrons. The molecule has 0 aliphatic carbocycles. The van der Waals surface area contributed by atoms with E-state index in [4.69, 9.17) is 5.11 Å². The van der Waals surface area contributed by atoms with Crippen molar-refractivity contribution in [1.82, 2.24) is 0 Å². The maximum atomic E-state index is 10.3. The molecule has 0 saturated heterocycles. The van der Waals surface area contributed by atoms with E-state index in [0.29, 0.717) is 0 Å². The number of nitrogens with zero attached hydrogens (tertiary/aromatic N) is 1. The second-order valence-electron chi connectivity index (χ2n) is 2.43. The molecule has 0 amide bonds. The van der Waals surface area contributed by atoms with Crippen LogP contribution in [-0.4, -0.2) is 31.0 Å². The normalized spacial score (nSPS) is 9.71. The topological polar surface area (TPSA) is 80.4 Å². The molecule has 1 N–H and O–H groups in total. The predicted octanol–water partition coefficient (Wildman–Crippen LogP) is 0.427. The third-order valence-corrected chi connectivity index (χ3v) is 3.50. The number of nitro groups is 1. The first-order valence-electron chi connectivity index (χ1n) is 3.68. The SMILES string of the molecule is O=C(O)C[Se]c1ccc([N+](=O)[O-])cc1. The number of carbonyl (C=O) groups is 1. The Hall–Kier alpha value is -1.39. The van der Waals surface area contributed by atoms with Gasteiger partial charge in [-0.25, -0.2) is 0 Å². The summed E-state index contributed by atoms with van der Waals surface area (Å²) >= 11 is -0.152. The maximum absolute atomic E-state index is 10.3. The Bertz CT molecular complexity index is 349. The Morgan fingerprint density at radius 1 is 1.43 bits per heavy atom. The van der Waals surface area contributed by atoms with Crippen LogP contribution in [0.5, 0.6) is 0 Å². The summed E-state index contributed by atoms with van der Waals surface area (Å²) < 4.78 is 0.852. The van der Waals surface area contributed by atoms with Crippen LogP contribution < -0.4 is 4.46 Å². The zero-order chi connectivity index (χ0) is 10.6. The van der Waals surface area contributed by atoms with Crippen molar-refractivity contribution in [2.75, 3.05) is 0 Å². The molecule has 1 aromatic rings.